The van der Waals surface area contributed by atoms with Gasteiger partial charge in [0.2, 0.25) is 0 Å². The second kappa shape index (κ2) is 4.98. The van der Waals surface area contributed by atoms with Gasteiger partial charge in [0.15, 0.2) is 9.84 Å². The summed E-state index contributed by atoms with van der Waals surface area (Å²) in [6, 6.07) is 7.44. The van der Waals surface area contributed by atoms with Crippen LogP contribution < -0.4 is 10.2 Å². The average Bonchev–Trinajstić information content (AvgIpc) is 2.57. The molecule has 0 aliphatic carbocycles. The lowest BCUT2D eigenvalue weighted by Crippen LogP contribution is -2.45. The third kappa shape index (κ3) is 2.89. The first kappa shape index (κ1) is 15.8. The van der Waals surface area contributed by atoms with Gasteiger partial charge < -0.3 is 14.0 Å². The molecule has 0 N–H and O–H groups in total. The molecule has 0 bridgehead atoms. The van der Waals surface area contributed by atoms with Crippen LogP contribution >= 0.6 is 0 Å². The van der Waals surface area contributed by atoms with Gasteiger partial charge in [-0.15, -0.1) is 0 Å². The quantitative estimate of drug-likeness (QED) is 0.781. The van der Waals surface area contributed by atoms with Gasteiger partial charge in [-0.05, 0) is 45.3 Å². The Kier molecular flexibility index (Phi) is 3.58. The SMILES string of the molecule is CC1(C)OB(c2ccc(OC3CS(=O)(=O)C3)cc2)OC1(C)C. The van der Waals surface area contributed by atoms with Crippen LogP contribution in [0, 0.1) is 0 Å². The van der Waals surface area contributed by atoms with Crippen LogP contribution in [0.2, 0.25) is 0 Å². The van der Waals surface area contributed by atoms with Crippen LogP contribution in [0.1, 0.15) is 27.7 Å². The fourth-order valence-electron chi connectivity index (χ4n) is 2.46. The van der Waals surface area contributed by atoms with Crippen molar-refractivity contribution in [1.82, 2.24) is 0 Å². The van der Waals surface area contributed by atoms with Crippen molar-refractivity contribution in [1.29, 1.82) is 0 Å². The van der Waals surface area contributed by atoms with E-state index in [0.29, 0.717) is 5.75 Å². The maximum absolute atomic E-state index is 11.1. The highest BCUT2D eigenvalue weighted by molar-refractivity contribution is 7.92. The smallest absolute Gasteiger partial charge is 0.488 e. The van der Waals surface area contributed by atoms with Crippen LogP contribution in [0.4, 0.5) is 0 Å². The average molecular weight is 324 g/mol. The lowest BCUT2D eigenvalue weighted by atomic mass is 9.79. The second-order valence-corrected chi connectivity index (χ2v) is 9.13. The van der Waals surface area contributed by atoms with Crippen LogP contribution in [0.15, 0.2) is 24.3 Å². The van der Waals surface area contributed by atoms with Crippen molar-refractivity contribution in [2.24, 2.45) is 0 Å². The van der Waals surface area contributed by atoms with Crippen molar-refractivity contribution >= 4 is 22.4 Å². The standard InChI is InChI=1S/C15H21BO5S/c1-14(2)15(3,4)21-16(20-14)11-5-7-12(8-6-11)19-13-9-22(17,18)10-13/h5-8,13H,9-10H2,1-4H3. The molecular weight excluding hydrogens is 303 g/mol. The van der Waals surface area contributed by atoms with Crippen LogP contribution in [-0.4, -0.2) is 44.3 Å². The zero-order chi connectivity index (χ0) is 16.2. The molecule has 5 nitrogen and oxygen atoms in total. The molecular formula is C15H21BO5S. The lowest BCUT2D eigenvalue weighted by Gasteiger charge is -2.32. The zero-order valence-corrected chi connectivity index (χ0v) is 14.1. The normalized spacial score (nSPS) is 25.7. The van der Waals surface area contributed by atoms with E-state index >= 15 is 0 Å². The second-order valence-electron chi connectivity index (χ2n) is 6.97. The van der Waals surface area contributed by atoms with Gasteiger partial charge in [-0.1, -0.05) is 12.1 Å². The largest absolute Gasteiger partial charge is 0.494 e. The summed E-state index contributed by atoms with van der Waals surface area (Å²) in [6.07, 6.45) is -0.229. The van der Waals surface area contributed by atoms with Gasteiger partial charge in [0, 0.05) is 0 Å². The summed E-state index contributed by atoms with van der Waals surface area (Å²) in [4.78, 5) is 0. The first-order valence-electron chi connectivity index (χ1n) is 7.41. The van der Waals surface area contributed by atoms with E-state index in [2.05, 4.69) is 0 Å². The zero-order valence-electron chi connectivity index (χ0n) is 13.3. The maximum atomic E-state index is 11.1. The van der Waals surface area contributed by atoms with Crippen molar-refractivity contribution in [3.63, 3.8) is 0 Å². The van der Waals surface area contributed by atoms with Gasteiger partial charge in [-0.25, -0.2) is 8.42 Å². The Morgan fingerprint density at radius 3 is 2.00 bits per heavy atom. The Morgan fingerprint density at radius 2 is 1.55 bits per heavy atom. The Morgan fingerprint density at radius 1 is 1.05 bits per heavy atom. The number of ether oxygens (including phenoxy) is 1. The molecule has 2 aliphatic heterocycles. The number of hydrogen-bond acceptors (Lipinski definition) is 5. The van der Waals surface area contributed by atoms with Gasteiger partial charge in [-0.2, -0.15) is 0 Å². The van der Waals surface area contributed by atoms with E-state index in [9.17, 15) is 8.42 Å². The summed E-state index contributed by atoms with van der Waals surface area (Å²) >= 11 is 0. The summed E-state index contributed by atoms with van der Waals surface area (Å²) < 4.78 is 39.8. The van der Waals surface area contributed by atoms with E-state index in [4.69, 9.17) is 14.0 Å². The number of rotatable bonds is 3. The molecule has 3 rings (SSSR count). The number of hydrogen-bond donors (Lipinski definition) is 0. The molecule has 2 heterocycles. The van der Waals surface area contributed by atoms with E-state index in [1.165, 1.54) is 0 Å². The van der Waals surface area contributed by atoms with Gasteiger partial charge >= 0.3 is 7.12 Å². The van der Waals surface area contributed by atoms with Crippen molar-refractivity contribution < 1.29 is 22.5 Å². The predicted molar refractivity (Wildman–Crippen MR) is 85.2 cm³/mol. The van der Waals surface area contributed by atoms with Crippen LogP contribution in [-0.2, 0) is 19.1 Å². The molecule has 22 heavy (non-hydrogen) atoms. The van der Waals surface area contributed by atoms with Gasteiger partial charge in [0.25, 0.3) is 0 Å². The Labute approximate surface area is 132 Å². The molecule has 0 spiro atoms. The topological polar surface area (TPSA) is 61.8 Å². The predicted octanol–water partition coefficient (Wildman–Crippen LogP) is 1.16. The highest BCUT2D eigenvalue weighted by Crippen LogP contribution is 2.36. The third-order valence-corrected chi connectivity index (χ3v) is 6.35. The molecule has 1 aromatic rings. The molecule has 2 fully saturated rings. The molecule has 0 radical (unpaired) electrons. The van der Waals surface area contributed by atoms with Crippen LogP contribution in [0.3, 0.4) is 0 Å². The van der Waals surface area contributed by atoms with E-state index < -0.39 is 17.0 Å². The van der Waals surface area contributed by atoms with Crippen LogP contribution in [0.5, 0.6) is 5.75 Å². The van der Waals surface area contributed by atoms with E-state index in [1.807, 2.05) is 52.0 Å². The fourth-order valence-corrected chi connectivity index (χ4v) is 3.63. The fraction of sp³-hybridized carbons (Fsp3) is 0.600. The maximum Gasteiger partial charge on any atom is 0.494 e. The highest BCUT2D eigenvalue weighted by Gasteiger charge is 2.51. The molecule has 0 atom stereocenters. The first-order chi connectivity index (χ1) is 10.1. The molecule has 1 aromatic carbocycles. The third-order valence-electron chi connectivity index (χ3n) is 4.59. The Bertz CT molecular complexity index is 638. The summed E-state index contributed by atoms with van der Waals surface area (Å²) in [5.74, 6) is 0.873. The van der Waals surface area contributed by atoms with Gasteiger partial charge in [0.1, 0.15) is 11.9 Å². The molecule has 0 unspecified atom stereocenters. The highest BCUT2D eigenvalue weighted by atomic mass is 32.2. The van der Waals surface area contributed by atoms with E-state index in [0.717, 1.165) is 5.46 Å². The van der Waals surface area contributed by atoms with Crippen molar-refractivity contribution in [2.45, 2.75) is 45.0 Å². The molecule has 0 aromatic heterocycles. The summed E-state index contributed by atoms with van der Waals surface area (Å²) in [5, 5.41) is 0. The summed E-state index contributed by atoms with van der Waals surface area (Å²) in [6.45, 7) is 8.06. The Balaban J connectivity index is 1.65. The Hall–Kier alpha value is -1.05. The number of benzene rings is 1. The van der Waals surface area contributed by atoms with E-state index in [-0.39, 0.29) is 28.8 Å². The van der Waals surface area contributed by atoms with Crippen LogP contribution in [0.25, 0.3) is 0 Å². The molecule has 0 amide bonds. The molecule has 0 saturated carbocycles. The minimum atomic E-state index is -2.86. The molecule has 2 aliphatic rings. The van der Waals surface area contributed by atoms with Crippen molar-refractivity contribution in [3.05, 3.63) is 24.3 Å². The lowest BCUT2D eigenvalue weighted by molar-refractivity contribution is 0.00578. The monoisotopic (exact) mass is 324 g/mol. The summed E-state index contributed by atoms with van der Waals surface area (Å²) in [5.41, 5.74) is 0.188. The van der Waals surface area contributed by atoms with E-state index in [1.54, 1.807) is 0 Å². The summed E-state index contributed by atoms with van der Waals surface area (Å²) in [7, 11) is -3.26. The van der Waals surface area contributed by atoms with Crippen molar-refractivity contribution in [3.8, 4) is 5.75 Å². The van der Waals surface area contributed by atoms with Gasteiger partial charge in [0.05, 0.1) is 22.7 Å². The molecule has 7 heteroatoms. The van der Waals surface area contributed by atoms with Gasteiger partial charge in [-0.3, -0.25) is 0 Å². The first-order valence-corrected chi connectivity index (χ1v) is 9.23. The minimum Gasteiger partial charge on any atom is -0.488 e. The number of sulfone groups is 1. The molecule has 120 valence electrons. The minimum absolute atomic E-state index is 0.103. The van der Waals surface area contributed by atoms with Crippen molar-refractivity contribution in [2.75, 3.05) is 11.5 Å². The molecule has 2 saturated heterocycles.